The second-order valence-corrected chi connectivity index (χ2v) is 11.7. The maximum Gasteiger partial charge on any atom is 0.192 e. The molecule has 0 aliphatic heterocycles. The molecule has 0 aromatic rings. The summed E-state index contributed by atoms with van der Waals surface area (Å²) in [5.74, 6) is 0.785. The monoisotopic (exact) mass is 256 g/mol. The van der Waals surface area contributed by atoms with E-state index in [2.05, 4.69) is 54.3 Å². The van der Waals surface area contributed by atoms with Gasteiger partial charge >= 0.3 is 0 Å². The van der Waals surface area contributed by atoms with Gasteiger partial charge in [-0.15, -0.1) is 6.58 Å². The highest BCUT2D eigenvalue weighted by molar-refractivity contribution is 6.74. The van der Waals surface area contributed by atoms with Gasteiger partial charge in [0, 0.05) is 0 Å². The van der Waals surface area contributed by atoms with E-state index in [1.54, 1.807) is 0 Å². The topological polar surface area (TPSA) is 9.23 Å². The summed E-state index contributed by atoms with van der Waals surface area (Å²) >= 11 is 0. The summed E-state index contributed by atoms with van der Waals surface area (Å²) in [5.41, 5.74) is 0. The maximum atomic E-state index is 6.35. The molecule has 0 heterocycles. The normalized spacial score (nSPS) is 15.1. The van der Waals surface area contributed by atoms with Gasteiger partial charge in [-0.3, -0.25) is 0 Å². The van der Waals surface area contributed by atoms with Crippen molar-refractivity contribution in [2.24, 2.45) is 5.92 Å². The fraction of sp³-hybridized carbons (Fsp3) is 0.867. The molecule has 0 spiro atoms. The molecule has 0 saturated carbocycles. The molecule has 0 N–H and O–H groups in total. The van der Waals surface area contributed by atoms with Gasteiger partial charge in [0.2, 0.25) is 0 Å². The summed E-state index contributed by atoms with van der Waals surface area (Å²) in [7, 11) is -1.64. The molecule has 0 aromatic carbocycles. The van der Waals surface area contributed by atoms with E-state index in [0.717, 1.165) is 12.3 Å². The molecule has 0 amide bonds. The molecule has 0 unspecified atom stereocenters. The van der Waals surface area contributed by atoms with Crippen molar-refractivity contribution in [1.29, 1.82) is 0 Å². The molecular formula is C15H32OSi. The van der Waals surface area contributed by atoms with Crippen molar-refractivity contribution in [2.45, 2.75) is 78.1 Å². The Morgan fingerprint density at radius 1 is 1.18 bits per heavy atom. The first kappa shape index (κ1) is 16.9. The second-order valence-electron chi connectivity index (χ2n) is 6.98. The lowest BCUT2D eigenvalue weighted by Crippen LogP contribution is -2.43. The first-order valence-electron chi connectivity index (χ1n) is 6.90. The van der Waals surface area contributed by atoms with Crippen LogP contribution in [0.2, 0.25) is 18.1 Å². The Hall–Kier alpha value is -0.0831. The highest BCUT2D eigenvalue weighted by Gasteiger charge is 2.38. The Kier molecular flexibility index (Phi) is 6.71. The third kappa shape index (κ3) is 6.42. The molecule has 0 radical (unpaired) electrons. The average Bonchev–Trinajstić information content (AvgIpc) is 2.13. The highest BCUT2D eigenvalue weighted by atomic mass is 28.4. The predicted octanol–water partition coefficient (Wildman–Crippen LogP) is 5.39. The van der Waals surface area contributed by atoms with Crippen LogP contribution in [-0.4, -0.2) is 14.4 Å². The number of hydrogen-bond donors (Lipinski definition) is 0. The van der Waals surface area contributed by atoms with Gasteiger partial charge in [0.15, 0.2) is 8.32 Å². The highest BCUT2D eigenvalue weighted by Crippen LogP contribution is 2.37. The molecule has 1 nitrogen and oxygen atoms in total. The standard InChI is InChI=1S/C15H32OSi/c1-9-14(12-10-11-13(2)3)16-17(7,8)15(4,5)6/h9,13-14H,1,10-12H2,2-8H3/t14-/m0/s1. The summed E-state index contributed by atoms with van der Waals surface area (Å²) in [6, 6.07) is 0. The Morgan fingerprint density at radius 2 is 1.71 bits per heavy atom. The average molecular weight is 257 g/mol. The number of hydrogen-bond acceptors (Lipinski definition) is 1. The molecule has 0 bridgehead atoms. The summed E-state index contributed by atoms with van der Waals surface area (Å²) in [6.07, 6.45) is 5.87. The van der Waals surface area contributed by atoms with Gasteiger partial charge in [0.1, 0.15) is 0 Å². The minimum atomic E-state index is -1.64. The molecule has 17 heavy (non-hydrogen) atoms. The van der Waals surface area contributed by atoms with Crippen LogP contribution in [0.5, 0.6) is 0 Å². The smallest absolute Gasteiger partial charge is 0.192 e. The van der Waals surface area contributed by atoms with Crippen molar-refractivity contribution in [1.82, 2.24) is 0 Å². The fourth-order valence-electron chi connectivity index (χ4n) is 1.51. The zero-order chi connectivity index (χ0) is 13.7. The zero-order valence-electron chi connectivity index (χ0n) is 13.0. The van der Waals surface area contributed by atoms with Gasteiger partial charge in [0.05, 0.1) is 6.10 Å². The van der Waals surface area contributed by atoms with E-state index >= 15 is 0 Å². The molecule has 2 heteroatoms. The molecule has 0 aliphatic rings. The van der Waals surface area contributed by atoms with Crippen LogP contribution in [0.4, 0.5) is 0 Å². The fourth-order valence-corrected chi connectivity index (χ4v) is 2.83. The summed E-state index contributed by atoms with van der Waals surface area (Å²) < 4.78 is 6.35. The second kappa shape index (κ2) is 6.74. The minimum Gasteiger partial charge on any atom is -0.411 e. The van der Waals surface area contributed by atoms with Crippen LogP contribution in [0.1, 0.15) is 53.9 Å². The van der Waals surface area contributed by atoms with Crippen molar-refractivity contribution in [3.63, 3.8) is 0 Å². The van der Waals surface area contributed by atoms with E-state index in [0.29, 0.717) is 0 Å². The lowest BCUT2D eigenvalue weighted by atomic mass is 10.0. The lowest BCUT2D eigenvalue weighted by molar-refractivity contribution is 0.209. The molecule has 0 aliphatic carbocycles. The minimum absolute atomic E-state index is 0.245. The van der Waals surface area contributed by atoms with E-state index in [-0.39, 0.29) is 11.1 Å². The molecular weight excluding hydrogens is 224 g/mol. The van der Waals surface area contributed by atoms with E-state index < -0.39 is 8.32 Å². The van der Waals surface area contributed by atoms with Gasteiger partial charge in [0.25, 0.3) is 0 Å². The number of rotatable bonds is 7. The van der Waals surface area contributed by atoms with Gasteiger partial charge in [-0.1, -0.05) is 53.5 Å². The van der Waals surface area contributed by atoms with Crippen LogP contribution < -0.4 is 0 Å². The van der Waals surface area contributed by atoms with Crippen LogP contribution in [0.15, 0.2) is 12.7 Å². The van der Waals surface area contributed by atoms with E-state index in [9.17, 15) is 0 Å². The molecule has 0 rings (SSSR count). The largest absolute Gasteiger partial charge is 0.411 e. The Bertz CT molecular complexity index is 226. The quantitative estimate of drug-likeness (QED) is 0.438. The van der Waals surface area contributed by atoms with Crippen molar-refractivity contribution >= 4 is 8.32 Å². The van der Waals surface area contributed by atoms with E-state index in [1.807, 2.05) is 6.08 Å². The Labute approximate surface area is 110 Å². The van der Waals surface area contributed by atoms with E-state index in [4.69, 9.17) is 4.43 Å². The van der Waals surface area contributed by atoms with Gasteiger partial charge in [-0.2, -0.15) is 0 Å². The molecule has 0 aromatic heterocycles. The summed E-state index contributed by atoms with van der Waals surface area (Å²) in [4.78, 5) is 0. The summed E-state index contributed by atoms with van der Waals surface area (Å²) in [6.45, 7) is 20.0. The zero-order valence-corrected chi connectivity index (χ0v) is 14.0. The van der Waals surface area contributed by atoms with Gasteiger partial charge in [-0.05, 0) is 30.5 Å². The SMILES string of the molecule is C=C[C@@H](CCCC(C)C)O[Si](C)(C)C(C)(C)C. The molecule has 1 atom stereocenters. The lowest BCUT2D eigenvalue weighted by Gasteiger charge is -2.38. The van der Waals surface area contributed by atoms with Gasteiger partial charge in [-0.25, -0.2) is 0 Å². The first-order chi connectivity index (χ1) is 7.60. The van der Waals surface area contributed by atoms with Crippen LogP contribution in [0.3, 0.4) is 0 Å². The molecule has 102 valence electrons. The van der Waals surface area contributed by atoms with Crippen LogP contribution >= 0.6 is 0 Å². The van der Waals surface area contributed by atoms with Crippen molar-refractivity contribution in [2.75, 3.05) is 0 Å². The van der Waals surface area contributed by atoms with Gasteiger partial charge < -0.3 is 4.43 Å². The maximum absolute atomic E-state index is 6.35. The Morgan fingerprint density at radius 3 is 2.06 bits per heavy atom. The van der Waals surface area contributed by atoms with E-state index in [1.165, 1.54) is 12.8 Å². The van der Waals surface area contributed by atoms with Crippen molar-refractivity contribution < 1.29 is 4.43 Å². The van der Waals surface area contributed by atoms with Crippen molar-refractivity contribution in [3.05, 3.63) is 12.7 Å². The van der Waals surface area contributed by atoms with Crippen LogP contribution in [0, 0.1) is 5.92 Å². The molecule has 0 saturated heterocycles. The Balaban J connectivity index is 4.26. The van der Waals surface area contributed by atoms with Crippen molar-refractivity contribution in [3.8, 4) is 0 Å². The van der Waals surface area contributed by atoms with Crippen LogP contribution in [-0.2, 0) is 4.43 Å². The third-order valence-corrected chi connectivity index (χ3v) is 8.29. The third-order valence-electron chi connectivity index (χ3n) is 3.79. The summed E-state index contributed by atoms with van der Waals surface area (Å²) in [5, 5.41) is 0.284. The predicted molar refractivity (Wildman–Crippen MR) is 81.0 cm³/mol. The first-order valence-corrected chi connectivity index (χ1v) is 9.81. The molecule has 0 fully saturated rings. The van der Waals surface area contributed by atoms with Crippen LogP contribution in [0.25, 0.3) is 0 Å².